The first-order chi connectivity index (χ1) is 9.52. The van der Waals surface area contributed by atoms with Gasteiger partial charge in [-0.05, 0) is 31.0 Å². The lowest BCUT2D eigenvalue weighted by molar-refractivity contribution is 0.544. The van der Waals surface area contributed by atoms with Crippen LogP contribution in [0.3, 0.4) is 0 Å². The third kappa shape index (κ3) is 5.10. The highest BCUT2D eigenvalue weighted by atomic mass is 35.5. The van der Waals surface area contributed by atoms with Crippen LogP contribution in [0.5, 0.6) is 0 Å². The standard InChI is InChI=1S/C16H25ClO2S/c1-3-5-6-7-8-11-15(4-2)20(18,19)16-12-9-10-14(17)13-16/h9-10,12-13,15H,3-8,11H2,1-2H3. The van der Waals surface area contributed by atoms with E-state index in [0.29, 0.717) is 16.3 Å². The van der Waals surface area contributed by atoms with Crippen molar-refractivity contribution in [1.82, 2.24) is 0 Å². The van der Waals surface area contributed by atoms with Gasteiger partial charge in [-0.3, -0.25) is 0 Å². The highest BCUT2D eigenvalue weighted by molar-refractivity contribution is 7.92. The van der Waals surface area contributed by atoms with Crippen LogP contribution < -0.4 is 0 Å². The third-order valence-corrected chi connectivity index (χ3v) is 6.24. The monoisotopic (exact) mass is 316 g/mol. The number of rotatable bonds is 9. The maximum Gasteiger partial charge on any atom is 0.181 e. The minimum absolute atomic E-state index is 0.289. The summed E-state index contributed by atoms with van der Waals surface area (Å²) in [5, 5.41) is 0.187. The molecule has 20 heavy (non-hydrogen) atoms. The largest absolute Gasteiger partial charge is 0.223 e. The van der Waals surface area contributed by atoms with Crippen molar-refractivity contribution >= 4 is 21.4 Å². The van der Waals surface area contributed by atoms with Gasteiger partial charge in [0.1, 0.15) is 0 Å². The Morgan fingerprint density at radius 3 is 2.40 bits per heavy atom. The highest BCUT2D eigenvalue weighted by Crippen LogP contribution is 2.25. The zero-order valence-electron chi connectivity index (χ0n) is 12.4. The molecule has 1 aromatic carbocycles. The molecule has 0 aliphatic carbocycles. The van der Waals surface area contributed by atoms with Crippen LogP contribution in [0.1, 0.15) is 58.8 Å². The first kappa shape index (κ1) is 17.5. The van der Waals surface area contributed by atoms with Gasteiger partial charge in [0.05, 0.1) is 10.1 Å². The Kier molecular flexibility index (Phi) is 7.60. The van der Waals surface area contributed by atoms with Crippen LogP contribution >= 0.6 is 11.6 Å². The van der Waals surface area contributed by atoms with E-state index in [1.807, 2.05) is 6.92 Å². The first-order valence-corrected chi connectivity index (χ1v) is 9.44. The van der Waals surface area contributed by atoms with E-state index < -0.39 is 9.84 Å². The Morgan fingerprint density at radius 2 is 1.80 bits per heavy atom. The summed E-state index contributed by atoms with van der Waals surface area (Å²) >= 11 is 5.90. The molecule has 0 aliphatic rings. The summed E-state index contributed by atoms with van der Waals surface area (Å²) in [6.07, 6.45) is 7.14. The lowest BCUT2D eigenvalue weighted by atomic mass is 10.1. The molecular weight excluding hydrogens is 292 g/mol. The minimum Gasteiger partial charge on any atom is -0.223 e. The smallest absolute Gasteiger partial charge is 0.181 e. The van der Waals surface area contributed by atoms with Gasteiger partial charge in [0, 0.05) is 5.02 Å². The van der Waals surface area contributed by atoms with Crippen molar-refractivity contribution in [1.29, 1.82) is 0 Å². The Morgan fingerprint density at radius 1 is 1.10 bits per heavy atom. The SMILES string of the molecule is CCCCCCCC(CC)S(=O)(=O)c1cccc(Cl)c1. The van der Waals surface area contributed by atoms with Crippen molar-refractivity contribution in [2.75, 3.05) is 0 Å². The molecule has 114 valence electrons. The predicted octanol–water partition coefficient (Wildman–Crippen LogP) is 5.25. The fourth-order valence-corrected chi connectivity index (χ4v) is 4.51. The van der Waals surface area contributed by atoms with Crippen LogP contribution in [0.4, 0.5) is 0 Å². The normalized spacial score (nSPS) is 13.3. The summed E-state index contributed by atoms with van der Waals surface area (Å²) in [4.78, 5) is 0.352. The molecule has 0 radical (unpaired) electrons. The van der Waals surface area contributed by atoms with E-state index in [-0.39, 0.29) is 5.25 Å². The molecule has 0 heterocycles. The fraction of sp³-hybridized carbons (Fsp3) is 0.625. The average molecular weight is 317 g/mol. The molecule has 0 spiro atoms. The van der Waals surface area contributed by atoms with E-state index in [1.165, 1.54) is 19.3 Å². The number of hydrogen-bond donors (Lipinski definition) is 0. The van der Waals surface area contributed by atoms with Crippen molar-refractivity contribution in [2.24, 2.45) is 0 Å². The molecule has 0 aromatic heterocycles. The minimum atomic E-state index is -3.25. The molecule has 0 N–H and O–H groups in total. The summed E-state index contributed by atoms with van der Waals surface area (Å²) in [6.45, 7) is 4.12. The summed E-state index contributed by atoms with van der Waals surface area (Å²) in [7, 11) is -3.25. The highest BCUT2D eigenvalue weighted by Gasteiger charge is 2.25. The van der Waals surface area contributed by atoms with Gasteiger partial charge in [-0.15, -0.1) is 0 Å². The van der Waals surface area contributed by atoms with Crippen molar-refractivity contribution in [3.8, 4) is 0 Å². The van der Waals surface area contributed by atoms with Crippen LogP contribution in [0.2, 0.25) is 5.02 Å². The molecule has 0 amide bonds. The van der Waals surface area contributed by atoms with E-state index in [4.69, 9.17) is 11.6 Å². The van der Waals surface area contributed by atoms with Gasteiger partial charge in [0.2, 0.25) is 0 Å². The molecule has 1 atom stereocenters. The van der Waals surface area contributed by atoms with Crippen LogP contribution in [0.25, 0.3) is 0 Å². The number of halogens is 1. The number of unbranched alkanes of at least 4 members (excludes halogenated alkanes) is 4. The first-order valence-electron chi connectivity index (χ1n) is 7.51. The van der Waals surface area contributed by atoms with Gasteiger partial charge in [-0.25, -0.2) is 8.42 Å². The topological polar surface area (TPSA) is 34.1 Å². The molecular formula is C16H25ClO2S. The maximum atomic E-state index is 12.6. The van der Waals surface area contributed by atoms with Crippen molar-refractivity contribution in [3.05, 3.63) is 29.3 Å². The molecule has 1 unspecified atom stereocenters. The molecule has 4 heteroatoms. The average Bonchev–Trinajstić information content (AvgIpc) is 2.42. The van der Waals surface area contributed by atoms with Gasteiger partial charge in [-0.1, -0.05) is 63.6 Å². The molecule has 0 aliphatic heterocycles. The lowest BCUT2D eigenvalue weighted by Gasteiger charge is -2.16. The second-order valence-corrected chi connectivity index (χ2v) is 7.90. The van der Waals surface area contributed by atoms with Crippen molar-refractivity contribution < 1.29 is 8.42 Å². The molecule has 0 saturated carbocycles. The van der Waals surface area contributed by atoms with Crippen LogP contribution in [0, 0.1) is 0 Å². The van der Waals surface area contributed by atoms with E-state index in [9.17, 15) is 8.42 Å². The molecule has 2 nitrogen and oxygen atoms in total. The molecule has 0 saturated heterocycles. The third-order valence-electron chi connectivity index (χ3n) is 3.65. The van der Waals surface area contributed by atoms with Gasteiger partial charge < -0.3 is 0 Å². The summed E-state index contributed by atoms with van der Waals surface area (Å²) < 4.78 is 25.2. The van der Waals surface area contributed by atoms with Crippen molar-refractivity contribution in [3.63, 3.8) is 0 Å². The Hall–Kier alpha value is -0.540. The number of sulfone groups is 1. The van der Waals surface area contributed by atoms with E-state index >= 15 is 0 Å². The Labute approximate surface area is 128 Å². The zero-order chi connectivity index (χ0) is 15.0. The second kappa shape index (κ2) is 8.68. The Bertz CT molecular complexity index is 497. The second-order valence-electron chi connectivity index (χ2n) is 5.24. The number of hydrogen-bond acceptors (Lipinski definition) is 2. The van der Waals surface area contributed by atoms with Crippen LogP contribution in [0.15, 0.2) is 29.2 Å². The van der Waals surface area contributed by atoms with Gasteiger partial charge >= 0.3 is 0 Å². The van der Waals surface area contributed by atoms with Gasteiger partial charge in [0.25, 0.3) is 0 Å². The quantitative estimate of drug-likeness (QED) is 0.583. The van der Waals surface area contributed by atoms with E-state index in [2.05, 4.69) is 6.92 Å². The maximum absolute atomic E-state index is 12.6. The van der Waals surface area contributed by atoms with Crippen LogP contribution in [-0.2, 0) is 9.84 Å². The van der Waals surface area contributed by atoms with Gasteiger partial charge in [-0.2, -0.15) is 0 Å². The molecule has 0 bridgehead atoms. The van der Waals surface area contributed by atoms with E-state index in [0.717, 1.165) is 19.3 Å². The molecule has 1 aromatic rings. The van der Waals surface area contributed by atoms with E-state index in [1.54, 1.807) is 24.3 Å². The summed E-state index contributed by atoms with van der Waals surface area (Å²) in [5.41, 5.74) is 0. The lowest BCUT2D eigenvalue weighted by Crippen LogP contribution is -2.20. The van der Waals surface area contributed by atoms with Crippen LogP contribution in [-0.4, -0.2) is 13.7 Å². The number of benzene rings is 1. The summed E-state index contributed by atoms with van der Waals surface area (Å²) in [6, 6.07) is 6.59. The van der Waals surface area contributed by atoms with Crippen molar-refractivity contribution in [2.45, 2.75) is 68.9 Å². The Balaban J connectivity index is 2.68. The molecule has 0 fully saturated rings. The zero-order valence-corrected chi connectivity index (χ0v) is 14.0. The predicted molar refractivity (Wildman–Crippen MR) is 86.1 cm³/mol. The molecule has 1 rings (SSSR count). The fourth-order valence-electron chi connectivity index (χ4n) is 2.39. The van der Waals surface area contributed by atoms with Gasteiger partial charge in [0.15, 0.2) is 9.84 Å². The summed E-state index contributed by atoms with van der Waals surface area (Å²) in [5.74, 6) is 0.